The minimum Gasteiger partial charge on any atom is -0.447 e. The van der Waals surface area contributed by atoms with E-state index in [2.05, 4.69) is 10.2 Å². The number of nitrogens with zero attached hydrogens (tertiary/aromatic N) is 3. The molecule has 2 heterocycles. The molecular weight excluding hydrogens is 346 g/mol. The molecule has 0 radical (unpaired) electrons. The van der Waals surface area contributed by atoms with E-state index in [-0.39, 0.29) is 5.76 Å². The van der Waals surface area contributed by atoms with Gasteiger partial charge in [-0.2, -0.15) is 0 Å². The van der Waals surface area contributed by atoms with Crippen molar-refractivity contribution in [3.63, 3.8) is 0 Å². The van der Waals surface area contributed by atoms with E-state index < -0.39 is 0 Å². The summed E-state index contributed by atoms with van der Waals surface area (Å²) in [6, 6.07) is 23.0. The van der Waals surface area contributed by atoms with E-state index >= 15 is 0 Å². The summed E-state index contributed by atoms with van der Waals surface area (Å²) in [4.78, 5) is 15.5. The van der Waals surface area contributed by atoms with Crippen LogP contribution in [0.15, 0.2) is 87.5 Å². The van der Waals surface area contributed by atoms with Gasteiger partial charge in [0, 0.05) is 11.1 Å². The van der Waals surface area contributed by atoms with Crippen molar-refractivity contribution in [3.05, 3.63) is 78.6 Å². The Bertz CT molecular complexity index is 1030. The number of rotatable bonds is 5. The van der Waals surface area contributed by atoms with Crippen LogP contribution in [0.1, 0.15) is 10.6 Å². The number of furan rings is 1. The lowest BCUT2D eigenvalue weighted by Crippen LogP contribution is -1.98. The fourth-order valence-corrected chi connectivity index (χ4v) is 3.16. The Morgan fingerprint density at radius 3 is 2.04 bits per heavy atom. The molecule has 0 saturated heterocycles. The maximum Gasteiger partial charge on any atom is 0.217 e. The van der Waals surface area contributed by atoms with Crippen molar-refractivity contribution < 1.29 is 9.21 Å². The summed E-state index contributed by atoms with van der Waals surface area (Å²) in [5.74, 6) is 0.268. The minimum absolute atomic E-state index is 0.268. The van der Waals surface area contributed by atoms with Gasteiger partial charge < -0.3 is 4.42 Å². The quantitative estimate of drug-likeness (QED) is 0.478. The van der Waals surface area contributed by atoms with Crippen molar-refractivity contribution in [2.24, 2.45) is 0 Å². The molecule has 6 heteroatoms. The summed E-state index contributed by atoms with van der Waals surface area (Å²) in [7, 11) is 0. The highest BCUT2D eigenvalue weighted by Crippen LogP contribution is 2.32. The molecule has 0 aliphatic heterocycles. The van der Waals surface area contributed by atoms with Crippen LogP contribution < -0.4 is 0 Å². The molecule has 0 aliphatic rings. The molecule has 126 valence electrons. The van der Waals surface area contributed by atoms with Crippen LogP contribution in [0.5, 0.6) is 0 Å². The SMILES string of the molecule is O=Cc1ccc(Sc2nnc(-c3ccccc3)c(-c3ccccc3)n2)o1. The number of aromatic nitrogens is 3. The van der Waals surface area contributed by atoms with E-state index in [1.807, 2.05) is 60.7 Å². The predicted molar refractivity (Wildman–Crippen MR) is 98.9 cm³/mol. The summed E-state index contributed by atoms with van der Waals surface area (Å²) in [5.41, 5.74) is 3.37. The summed E-state index contributed by atoms with van der Waals surface area (Å²) >= 11 is 1.23. The first-order chi connectivity index (χ1) is 12.8. The molecular formula is C20H13N3O2S. The Morgan fingerprint density at radius 1 is 0.769 bits per heavy atom. The topological polar surface area (TPSA) is 68.9 Å². The first kappa shape index (κ1) is 16.2. The molecule has 0 spiro atoms. The van der Waals surface area contributed by atoms with Crippen molar-refractivity contribution in [1.29, 1.82) is 0 Å². The fourth-order valence-electron chi connectivity index (χ4n) is 2.48. The van der Waals surface area contributed by atoms with Crippen LogP contribution in [0.25, 0.3) is 22.5 Å². The number of aldehydes is 1. The van der Waals surface area contributed by atoms with Crippen LogP contribution in [-0.2, 0) is 0 Å². The summed E-state index contributed by atoms with van der Waals surface area (Å²) in [6.45, 7) is 0. The Morgan fingerprint density at radius 2 is 1.42 bits per heavy atom. The Labute approximate surface area is 154 Å². The van der Waals surface area contributed by atoms with E-state index in [0.717, 1.165) is 16.8 Å². The number of benzene rings is 2. The van der Waals surface area contributed by atoms with Gasteiger partial charge in [-0.25, -0.2) is 4.98 Å². The molecule has 0 saturated carbocycles. The lowest BCUT2D eigenvalue weighted by molar-refractivity contribution is 0.109. The maximum atomic E-state index is 10.8. The lowest BCUT2D eigenvalue weighted by atomic mass is 10.0. The van der Waals surface area contributed by atoms with Gasteiger partial charge in [-0.15, -0.1) is 10.2 Å². The van der Waals surface area contributed by atoms with Gasteiger partial charge in [-0.3, -0.25) is 4.79 Å². The molecule has 2 aromatic carbocycles. The molecule has 0 fully saturated rings. The van der Waals surface area contributed by atoms with Crippen molar-refractivity contribution >= 4 is 18.0 Å². The van der Waals surface area contributed by atoms with Gasteiger partial charge in [0.15, 0.2) is 17.1 Å². The van der Waals surface area contributed by atoms with Crippen LogP contribution in [0.4, 0.5) is 0 Å². The molecule has 4 rings (SSSR count). The lowest BCUT2D eigenvalue weighted by Gasteiger charge is -2.08. The molecule has 0 atom stereocenters. The Balaban J connectivity index is 1.77. The van der Waals surface area contributed by atoms with Gasteiger partial charge >= 0.3 is 0 Å². The summed E-state index contributed by atoms with van der Waals surface area (Å²) < 4.78 is 5.38. The van der Waals surface area contributed by atoms with E-state index in [1.54, 1.807) is 12.1 Å². The van der Waals surface area contributed by atoms with Gasteiger partial charge in [-0.05, 0) is 23.9 Å². The number of carbonyl (C=O) groups is 1. The Hall–Kier alpha value is -3.25. The van der Waals surface area contributed by atoms with Crippen molar-refractivity contribution in [2.75, 3.05) is 0 Å². The van der Waals surface area contributed by atoms with Crippen LogP contribution in [-0.4, -0.2) is 21.5 Å². The zero-order chi connectivity index (χ0) is 17.8. The van der Waals surface area contributed by atoms with Gasteiger partial charge in [0.25, 0.3) is 0 Å². The zero-order valence-corrected chi connectivity index (χ0v) is 14.4. The molecule has 5 nitrogen and oxygen atoms in total. The molecule has 2 aromatic heterocycles. The van der Waals surface area contributed by atoms with Crippen LogP contribution in [0, 0.1) is 0 Å². The normalized spacial score (nSPS) is 10.6. The van der Waals surface area contributed by atoms with Crippen LogP contribution in [0.2, 0.25) is 0 Å². The van der Waals surface area contributed by atoms with Gasteiger partial charge in [-0.1, -0.05) is 60.7 Å². The largest absolute Gasteiger partial charge is 0.447 e. The highest BCUT2D eigenvalue weighted by molar-refractivity contribution is 7.99. The molecule has 0 amide bonds. The average Bonchev–Trinajstić information content (AvgIpc) is 3.17. The minimum atomic E-state index is 0.268. The first-order valence-electron chi connectivity index (χ1n) is 7.92. The van der Waals surface area contributed by atoms with E-state index in [0.29, 0.717) is 22.2 Å². The second-order valence-corrected chi connectivity index (χ2v) is 6.37. The maximum absolute atomic E-state index is 10.8. The van der Waals surface area contributed by atoms with Gasteiger partial charge in [0.05, 0.1) is 0 Å². The molecule has 26 heavy (non-hydrogen) atoms. The molecule has 0 aliphatic carbocycles. The highest BCUT2D eigenvalue weighted by Gasteiger charge is 2.15. The summed E-state index contributed by atoms with van der Waals surface area (Å²) in [6.07, 6.45) is 0.664. The first-order valence-corrected chi connectivity index (χ1v) is 8.73. The van der Waals surface area contributed by atoms with E-state index in [1.165, 1.54) is 11.8 Å². The molecule has 0 N–H and O–H groups in total. The number of hydrogen-bond donors (Lipinski definition) is 0. The third kappa shape index (κ3) is 3.41. The second kappa shape index (κ2) is 7.33. The van der Waals surface area contributed by atoms with Gasteiger partial charge in [0.1, 0.15) is 11.4 Å². The van der Waals surface area contributed by atoms with Crippen LogP contribution >= 0.6 is 11.8 Å². The van der Waals surface area contributed by atoms with Crippen LogP contribution in [0.3, 0.4) is 0 Å². The third-order valence-corrected chi connectivity index (χ3v) is 4.45. The van der Waals surface area contributed by atoms with Crippen molar-refractivity contribution in [2.45, 2.75) is 10.2 Å². The Kier molecular flexibility index (Phi) is 4.57. The average molecular weight is 359 g/mol. The van der Waals surface area contributed by atoms with Gasteiger partial charge in [0.2, 0.25) is 5.16 Å². The van der Waals surface area contributed by atoms with Crippen molar-refractivity contribution in [3.8, 4) is 22.5 Å². The fraction of sp³-hybridized carbons (Fsp3) is 0. The van der Waals surface area contributed by atoms with E-state index in [9.17, 15) is 4.79 Å². The predicted octanol–water partition coefficient (Wildman–Crippen LogP) is 4.76. The molecule has 0 unspecified atom stereocenters. The second-order valence-electron chi connectivity index (χ2n) is 5.40. The third-order valence-electron chi connectivity index (χ3n) is 3.67. The summed E-state index contributed by atoms with van der Waals surface area (Å²) in [5, 5.41) is 9.63. The van der Waals surface area contributed by atoms with E-state index in [4.69, 9.17) is 9.40 Å². The molecule has 0 bridgehead atoms. The smallest absolute Gasteiger partial charge is 0.217 e. The number of hydrogen-bond acceptors (Lipinski definition) is 6. The number of carbonyl (C=O) groups excluding carboxylic acids is 1. The monoisotopic (exact) mass is 359 g/mol. The standard InChI is InChI=1S/C20H13N3O2S/c24-13-16-11-12-17(25-16)26-20-21-18(14-7-3-1-4-8-14)19(22-23-20)15-9-5-2-6-10-15/h1-13H. The zero-order valence-electron chi connectivity index (χ0n) is 13.6. The highest BCUT2D eigenvalue weighted by atomic mass is 32.2. The van der Waals surface area contributed by atoms with Crippen molar-refractivity contribution in [1.82, 2.24) is 15.2 Å². The molecule has 4 aromatic rings.